The number of carbonyl (C=O) groups is 2. The summed E-state index contributed by atoms with van der Waals surface area (Å²) in [6, 6.07) is 15.5. The van der Waals surface area contributed by atoms with Crippen molar-refractivity contribution in [3.63, 3.8) is 0 Å². The van der Waals surface area contributed by atoms with E-state index in [1.807, 2.05) is 77.3 Å². The Morgan fingerprint density at radius 3 is 2.24 bits per heavy atom. The van der Waals surface area contributed by atoms with Gasteiger partial charge in [-0.25, -0.2) is 0 Å². The first-order valence-electron chi connectivity index (χ1n) is 9.95. The fourth-order valence-electron chi connectivity index (χ4n) is 3.50. The predicted octanol–water partition coefficient (Wildman–Crippen LogP) is 2.60. The second-order valence-corrected chi connectivity index (χ2v) is 7.51. The molecule has 0 aliphatic carbocycles. The topological polar surface area (TPSA) is 53.1 Å². The van der Waals surface area contributed by atoms with Crippen LogP contribution in [0.15, 0.2) is 48.5 Å². The highest BCUT2D eigenvalue weighted by Crippen LogP contribution is 2.31. The highest BCUT2D eigenvalue weighted by molar-refractivity contribution is 5.96. The predicted molar refractivity (Wildman–Crippen MR) is 114 cm³/mol. The molecular formula is C23H29N3O3. The number of methoxy groups -OCH3 is 1. The van der Waals surface area contributed by atoms with Crippen molar-refractivity contribution >= 4 is 11.8 Å². The van der Waals surface area contributed by atoms with Gasteiger partial charge in [-0.2, -0.15) is 0 Å². The van der Waals surface area contributed by atoms with Crippen LogP contribution in [0.3, 0.4) is 0 Å². The second-order valence-electron chi connectivity index (χ2n) is 7.51. The maximum atomic E-state index is 13.0. The summed E-state index contributed by atoms with van der Waals surface area (Å²) in [7, 11) is 5.56. The van der Waals surface area contributed by atoms with E-state index < -0.39 is 0 Å². The average molecular weight is 396 g/mol. The van der Waals surface area contributed by atoms with E-state index in [4.69, 9.17) is 4.74 Å². The standard InChI is InChI=1S/C23H29N3O3/c1-24(2)12-11-22(27)25-13-15-26(16-14-25)23(28)19-9-10-21(29-3)20(17-19)18-7-5-4-6-8-18/h4-10,17H,11-16H2,1-3H3. The molecule has 1 saturated heterocycles. The minimum absolute atomic E-state index is 0.00905. The van der Waals surface area contributed by atoms with E-state index in [1.165, 1.54) is 0 Å². The molecule has 29 heavy (non-hydrogen) atoms. The second kappa shape index (κ2) is 9.56. The zero-order valence-corrected chi connectivity index (χ0v) is 17.4. The molecule has 3 rings (SSSR count). The van der Waals surface area contributed by atoms with Gasteiger partial charge in [-0.15, -0.1) is 0 Å². The molecule has 154 valence electrons. The van der Waals surface area contributed by atoms with E-state index >= 15 is 0 Å². The van der Waals surface area contributed by atoms with Crippen LogP contribution in [-0.4, -0.2) is 80.4 Å². The van der Waals surface area contributed by atoms with E-state index in [1.54, 1.807) is 7.11 Å². The van der Waals surface area contributed by atoms with Gasteiger partial charge < -0.3 is 19.4 Å². The third kappa shape index (κ3) is 5.15. The quantitative estimate of drug-likeness (QED) is 0.755. The number of rotatable bonds is 6. The Morgan fingerprint density at radius 2 is 1.62 bits per heavy atom. The van der Waals surface area contributed by atoms with Crippen LogP contribution < -0.4 is 4.74 Å². The van der Waals surface area contributed by atoms with E-state index in [2.05, 4.69) is 0 Å². The number of amides is 2. The Hall–Kier alpha value is -2.86. The zero-order chi connectivity index (χ0) is 20.8. The normalized spacial score (nSPS) is 14.2. The van der Waals surface area contributed by atoms with Crippen LogP contribution >= 0.6 is 0 Å². The van der Waals surface area contributed by atoms with Crippen molar-refractivity contribution in [3.05, 3.63) is 54.1 Å². The summed E-state index contributed by atoms with van der Waals surface area (Å²) >= 11 is 0. The first-order chi connectivity index (χ1) is 14.0. The molecule has 0 bridgehead atoms. The fraction of sp³-hybridized carbons (Fsp3) is 0.391. The molecule has 2 aromatic rings. The fourth-order valence-corrected chi connectivity index (χ4v) is 3.50. The van der Waals surface area contributed by atoms with E-state index in [-0.39, 0.29) is 11.8 Å². The van der Waals surface area contributed by atoms with Crippen molar-refractivity contribution in [3.8, 4) is 16.9 Å². The third-order valence-electron chi connectivity index (χ3n) is 5.22. The van der Waals surface area contributed by atoms with Crippen LogP contribution in [0.1, 0.15) is 16.8 Å². The zero-order valence-electron chi connectivity index (χ0n) is 17.4. The van der Waals surface area contributed by atoms with Gasteiger partial charge in [0.2, 0.25) is 5.91 Å². The van der Waals surface area contributed by atoms with Crippen molar-refractivity contribution < 1.29 is 14.3 Å². The Kier molecular flexibility index (Phi) is 6.88. The summed E-state index contributed by atoms with van der Waals surface area (Å²) in [5.41, 5.74) is 2.55. The molecule has 0 unspecified atom stereocenters. The molecule has 1 heterocycles. The monoisotopic (exact) mass is 395 g/mol. The van der Waals surface area contributed by atoms with Crippen molar-refractivity contribution in [2.45, 2.75) is 6.42 Å². The number of carbonyl (C=O) groups excluding carboxylic acids is 2. The number of ether oxygens (including phenoxy) is 1. The van der Waals surface area contributed by atoms with Crippen molar-refractivity contribution in [2.75, 3.05) is 53.9 Å². The van der Waals surface area contributed by atoms with Crippen molar-refractivity contribution in [2.24, 2.45) is 0 Å². The van der Waals surface area contributed by atoms with Gasteiger partial charge in [-0.05, 0) is 37.9 Å². The Balaban J connectivity index is 1.68. The van der Waals surface area contributed by atoms with Crippen LogP contribution in [0.25, 0.3) is 11.1 Å². The molecule has 6 nitrogen and oxygen atoms in total. The molecule has 0 radical (unpaired) electrons. The molecule has 0 spiro atoms. The molecule has 2 aromatic carbocycles. The van der Waals surface area contributed by atoms with Crippen molar-refractivity contribution in [1.82, 2.24) is 14.7 Å². The lowest BCUT2D eigenvalue weighted by molar-refractivity contribution is -0.132. The van der Waals surface area contributed by atoms with Gasteiger partial charge in [-0.3, -0.25) is 9.59 Å². The molecule has 1 aliphatic rings. The maximum Gasteiger partial charge on any atom is 0.254 e. The first kappa shape index (κ1) is 20.9. The van der Waals surface area contributed by atoms with Gasteiger partial charge in [0.05, 0.1) is 7.11 Å². The molecule has 2 amide bonds. The molecular weight excluding hydrogens is 366 g/mol. The van der Waals surface area contributed by atoms with Crippen molar-refractivity contribution in [1.29, 1.82) is 0 Å². The van der Waals surface area contributed by atoms with Crippen LogP contribution in [-0.2, 0) is 4.79 Å². The van der Waals surface area contributed by atoms with Gasteiger partial charge in [0.1, 0.15) is 5.75 Å². The lowest BCUT2D eigenvalue weighted by Crippen LogP contribution is -2.50. The number of piperazine rings is 1. The first-order valence-corrected chi connectivity index (χ1v) is 9.95. The number of nitrogens with zero attached hydrogens (tertiary/aromatic N) is 3. The largest absolute Gasteiger partial charge is 0.496 e. The van der Waals surface area contributed by atoms with Crippen LogP contribution in [0.4, 0.5) is 0 Å². The average Bonchev–Trinajstić information content (AvgIpc) is 2.77. The molecule has 0 saturated carbocycles. The highest BCUT2D eigenvalue weighted by Gasteiger charge is 2.25. The van der Waals surface area contributed by atoms with Crippen LogP contribution in [0, 0.1) is 0 Å². The lowest BCUT2D eigenvalue weighted by Gasteiger charge is -2.35. The third-order valence-corrected chi connectivity index (χ3v) is 5.22. The Labute approximate surface area is 172 Å². The van der Waals surface area contributed by atoms with Gasteiger partial charge in [0.25, 0.3) is 5.91 Å². The van der Waals surface area contributed by atoms with Gasteiger partial charge in [-0.1, -0.05) is 30.3 Å². The van der Waals surface area contributed by atoms with E-state index in [0.29, 0.717) is 38.2 Å². The number of benzene rings is 2. The van der Waals surface area contributed by atoms with E-state index in [0.717, 1.165) is 23.4 Å². The summed E-state index contributed by atoms with van der Waals surface area (Å²) in [6.07, 6.45) is 0.514. The smallest absolute Gasteiger partial charge is 0.254 e. The SMILES string of the molecule is COc1ccc(C(=O)N2CCN(C(=O)CCN(C)C)CC2)cc1-c1ccccc1. The van der Waals surface area contributed by atoms with Gasteiger partial charge >= 0.3 is 0 Å². The summed E-state index contributed by atoms with van der Waals surface area (Å²) < 4.78 is 5.49. The molecule has 1 aliphatic heterocycles. The molecule has 0 N–H and O–H groups in total. The lowest BCUT2D eigenvalue weighted by atomic mass is 10.0. The molecule has 1 fully saturated rings. The van der Waals surface area contributed by atoms with Gasteiger partial charge in [0.15, 0.2) is 0 Å². The summed E-state index contributed by atoms with van der Waals surface area (Å²) in [4.78, 5) is 31.0. The Bertz CT molecular complexity index is 844. The summed E-state index contributed by atoms with van der Waals surface area (Å²) in [6.45, 7) is 3.02. The summed E-state index contributed by atoms with van der Waals surface area (Å²) in [5.74, 6) is 0.885. The Morgan fingerprint density at radius 1 is 0.966 bits per heavy atom. The van der Waals surface area contributed by atoms with Crippen LogP contribution in [0.2, 0.25) is 0 Å². The molecule has 0 atom stereocenters. The molecule has 0 aromatic heterocycles. The minimum atomic E-state index is -0.00905. The maximum absolute atomic E-state index is 13.0. The molecule has 6 heteroatoms. The van der Waals surface area contributed by atoms with Crippen LogP contribution in [0.5, 0.6) is 5.75 Å². The number of hydrogen-bond donors (Lipinski definition) is 0. The minimum Gasteiger partial charge on any atom is -0.496 e. The van der Waals surface area contributed by atoms with Gasteiger partial charge in [0, 0.05) is 50.3 Å². The number of hydrogen-bond acceptors (Lipinski definition) is 4. The highest BCUT2D eigenvalue weighted by atomic mass is 16.5. The summed E-state index contributed by atoms with van der Waals surface area (Å²) in [5, 5.41) is 0. The van der Waals surface area contributed by atoms with E-state index in [9.17, 15) is 9.59 Å².